The number of likely N-dealkylation sites (tertiary alicyclic amines) is 1. The van der Waals surface area contributed by atoms with Gasteiger partial charge in [0.25, 0.3) is 5.56 Å². The van der Waals surface area contributed by atoms with Gasteiger partial charge in [-0.25, -0.2) is 4.98 Å². The van der Waals surface area contributed by atoms with Crippen LogP contribution in [-0.4, -0.2) is 54.3 Å². The largest absolute Gasteiger partial charge is 0.493 e. The first-order valence-corrected chi connectivity index (χ1v) is 10.6. The van der Waals surface area contributed by atoms with E-state index in [1.54, 1.807) is 39.8 Å². The van der Waals surface area contributed by atoms with Gasteiger partial charge in [0, 0.05) is 43.0 Å². The molecule has 168 valence electrons. The Kier molecular flexibility index (Phi) is 6.70. The van der Waals surface area contributed by atoms with Crippen molar-refractivity contribution in [1.82, 2.24) is 19.9 Å². The van der Waals surface area contributed by atoms with Crippen molar-refractivity contribution >= 4 is 0 Å². The van der Waals surface area contributed by atoms with Crippen LogP contribution in [0.4, 0.5) is 0 Å². The average Bonchev–Trinajstić information content (AvgIpc) is 2.83. The molecule has 8 heteroatoms. The summed E-state index contributed by atoms with van der Waals surface area (Å²) in [5, 5.41) is 0. The lowest BCUT2D eigenvalue weighted by Gasteiger charge is -2.32. The van der Waals surface area contributed by atoms with Gasteiger partial charge in [-0.1, -0.05) is 0 Å². The SMILES string of the molecule is COc1cc(CN2CCCC(c3cc(=O)[nH]c(-c4ccncc4)n3)C2)cc(OC)c1OC. The minimum atomic E-state index is -0.136. The highest BCUT2D eigenvalue weighted by Crippen LogP contribution is 2.39. The number of aromatic nitrogens is 3. The molecule has 0 saturated carbocycles. The zero-order valence-electron chi connectivity index (χ0n) is 18.6. The Hall–Kier alpha value is -3.39. The van der Waals surface area contributed by atoms with Crippen molar-refractivity contribution in [2.75, 3.05) is 34.4 Å². The second-order valence-corrected chi connectivity index (χ2v) is 7.86. The third-order valence-corrected chi connectivity index (χ3v) is 5.77. The van der Waals surface area contributed by atoms with Gasteiger partial charge in [-0.2, -0.15) is 0 Å². The summed E-state index contributed by atoms with van der Waals surface area (Å²) in [6.45, 7) is 2.55. The number of piperidine rings is 1. The molecule has 8 nitrogen and oxygen atoms in total. The molecule has 1 unspecified atom stereocenters. The van der Waals surface area contributed by atoms with Crippen molar-refractivity contribution in [2.45, 2.75) is 25.3 Å². The number of pyridine rings is 1. The molecule has 1 atom stereocenters. The maximum Gasteiger partial charge on any atom is 0.251 e. The Morgan fingerprint density at radius 3 is 2.44 bits per heavy atom. The molecule has 0 amide bonds. The lowest BCUT2D eigenvalue weighted by atomic mass is 9.94. The monoisotopic (exact) mass is 436 g/mol. The van der Waals surface area contributed by atoms with Crippen LogP contribution in [0.25, 0.3) is 11.4 Å². The molecule has 1 saturated heterocycles. The Balaban J connectivity index is 1.55. The van der Waals surface area contributed by atoms with E-state index in [1.807, 2.05) is 24.3 Å². The fraction of sp³-hybridized carbons (Fsp3) is 0.375. The van der Waals surface area contributed by atoms with Gasteiger partial charge in [0.15, 0.2) is 11.5 Å². The minimum absolute atomic E-state index is 0.136. The summed E-state index contributed by atoms with van der Waals surface area (Å²) in [6, 6.07) is 9.29. The zero-order valence-corrected chi connectivity index (χ0v) is 18.6. The normalized spacial score (nSPS) is 16.5. The molecular weight excluding hydrogens is 408 g/mol. The number of rotatable bonds is 7. The number of ether oxygens (including phenoxy) is 3. The van der Waals surface area contributed by atoms with Crippen molar-refractivity contribution < 1.29 is 14.2 Å². The molecule has 3 aromatic rings. The Labute approximate surface area is 187 Å². The summed E-state index contributed by atoms with van der Waals surface area (Å²) in [5.41, 5.74) is 2.62. The van der Waals surface area contributed by atoms with E-state index in [4.69, 9.17) is 19.2 Å². The predicted molar refractivity (Wildman–Crippen MR) is 121 cm³/mol. The number of H-pyrrole nitrogens is 1. The summed E-state index contributed by atoms with van der Waals surface area (Å²) >= 11 is 0. The molecule has 0 spiro atoms. The standard InChI is InChI=1S/C24H28N4O4/c1-30-20-11-16(12-21(31-2)23(20)32-3)14-28-10-4-5-18(15-28)19-13-22(29)27-24(26-19)17-6-8-25-9-7-17/h6-9,11-13,18H,4-5,10,14-15H2,1-3H3,(H,26,27,29). The minimum Gasteiger partial charge on any atom is -0.493 e. The molecule has 1 aliphatic rings. The molecule has 0 aliphatic carbocycles. The second kappa shape index (κ2) is 9.82. The molecule has 1 aromatic carbocycles. The van der Waals surface area contributed by atoms with E-state index in [0.717, 1.165) is 49.3 Å². The van der Waals surface area contributed by atoms with Crippen LogP contribution < -0.4 is 19.8 Å². The maximum absolute atomic E-state index is 12.3. The van der Waals surface area contributed by atoms with Crippen LogP contribution in [0, 0.1) is 0 Å². The predicted octanol–water partition coefficient (Wildman–Crippen LogP) is 3.24. The van der Waals surface area contributed by atoms with Crippen molar-refractivity contribution in [1.29, 1.82) is 0 Å². The van der Waals surface area contributed by atoms with Crippen LogP contribution in [0.2, 0.25) is 0 Å². The smallest absolute Gasteiger partial charge is 0.251 e. The van der Waals surface area contributed by atoms with Crippen LogP contribution in [0.3, 0.4) is 0 Å². The first-order valence-electron chi connectivity index (χ1n) is 10.6. The Morgan fingerprint density at radius 1 is 1.06 bits per heavy atom. The Bertz CT molecular complexity index is 1090. The lowest BCUT2D eigenvalue weighted by Crippen LogP contribution is -2.34. The van der Waals surface area contributed by atoms with E-state index >= 15 is 0 Å². The molecule has 1 aliphatic heterocycles. The highest BCUT2D eigenvalue weighted by molar-refractivity contribution is 5.54. The third-order valence-electron chi connectivity index (χ3n) is 5.77. The topological polar surface area (TPSA) is 89.6 Å². The van der Waals surface area contributed by atoms with Crippen LogP contribution in [0.15, 0.2) is 47.5 Å². The lowest BCUT2D eigenvalue weighted by molar-refractivity contribution is 0.198. The average molecular weight is 437 g/mol. The molecule has 0 radical (unpaired) electrons. The van der Waals surface area contributed by atoms with Gasteiger partial charge in [-0.3, -0.25) is 14.7 Å². The molecule has 32 heavy (non-hydrogen) atoms. The maximum atomic E-state index is 12.3. The fourth-order valence-electron chi connectivity index (χ4n) is 4.26. The summed E-state index contributed by atoms with van der Waals surface area (Å²) in [5.74, 6) is 2.65. The number of nitrogens with zero attached hydrogens (tertiary/aromatic N) is 3. The van der Waals surface area contributed by atoms with Gasteiger partial charge in [0.1, 0.15) is 5.82 Å². The van der Waals surface area contributed by atoms with Crippen molar-refractivity contribution in [3.8, 4) is 28.6 Å². The van der Waals surface area contributed by atoms with Gasteiger partial charge in [-0.15, -0.1) is 0 Å². The summed E-state index contributed by atoms with van der Waals surface area (Å²) < 4.78 is 16.4. The van der Waals surface area contributed by atoms with Crippen molar-refractivity contribution in [2.24, 2.45) is 0 Å². The van der Waals surface area contributed by atoms with E-state index in [9.17, 15) is 4.79 Å². The van der Waals surface area contributed by atoms with E-state index in [-0.39, 0.29) is 11.5 Å². The summed E-state index contributed by atoms with van der Waals surface area (Å²) in [7, 11) is 4.85. The van der Waals surface area contributed by atoms with Crippen molar-refractivity contribution in [3.63, 3.8) is 0 Å². The van der Waals surface area contributed by atoms with Gasteiger partial charge in [0.2, 0.25) is 5.75 Å². The molecule has 3 heterocycles. The van der Waals surface area contributed by atoms with Gasteiger partial charge in [0.05, 0.1) is 27.0 Å². The molecule has 4 rings (SSSR count). The third kappa shape index (κ3) is 4.75. The van der Waals surface area contributed by atoms with Gasteiger partial charge < -0.3 is 19.2 Å². The van der Waals surface area contributed by atoms with E-state index < -0.39 is 0 Å². The second-order valence-electron chi connectivity index (χ2n) is 7.86. The summed E-state index contributed by atoms with van der Waals surface area (Å²) in [4.78, 5) is 26.4. The van der Waals surface area contributed by atoms with Gasteiger partial charge >= 0.3 is 0 Å². The number of benzene rings is 1. The molecule has 1 N–H and O–H groups in total. The highest BCUT2D eigenvalue weighted by atomic mass is 16.5. The molecule has 0 bridgehead atoms. The number of methoxy groups -OCH3 is 3. The number of nitrogens with one attached hydrogen (secondary N) is 1. The Morgan fingerprint density at radius 2 is 1.78 bits per heavy atom. The zero-order chi connectivity index (χ0) is 22.5. The number of hydrogen-bond acceptors (Lipinski definition) is 7. The first kappa shape index (κ1) is 21.8. The van der Waals surface area contributed by atoms with Crippen LogP contribution in [0.5, 0.6) is 17.2 Å². The molecule has 1 fully saturated rings. The van der Waals surface area contributed by atoms with Crippen LogP contribution in [0.1, 0.15) is 30.0 Å². The molecular formula is C24H28N4O4. The van der Waals surface area contributed by atoms with Gasteiger partial charge in [-0.05, 0) is 49.2 Å². The number of aromatic amines is 1. The highest BCUT2D eigenvalue weighted by Gasteiger charge is 2.24. The van der Waals surface area contributed by atoms with Crippen molar-refractivity contribution in [3.05, 3.63) is 64.3 Å². The van der Waals surface area contributed by atoms with E-state index in [1.165, 1.54) is 0 Å². The number of hydrogen-bond donors (Lipinski definition) is 1. The fourth-order valence-corrected chi connectivity index (χ4v) is 4.26. The molecule has 2 aromatic heterocycles. The first-order chi connectivity index (χ1) is 15.6. The quantitative estimate of drug-likeness (QED) is 0.608. The van der Waals surface area contributed by atoms with E-state index in [0.29, 0.717) is 23.1 Å². The van der Waals surface area contributed by atoms with E-state index in [2.05, 4.69) is 14.9 Å². The summed E-state index contributed by atoms with van der Waals surface area (Å²) in [6.07, 6.45) is 5.43. The van der Waals surface area contributed by atoms with Crippen LogP contribution >= 0.6 is 0 Å². The van der Waals surface area contributed by atoms with Crippen LogP contribution in [-0.2, 0) is 6.54 Å².